The van der Waals surface area contributed by atoms with Gasteiger partial charge in [0.15, 0.2) is 0 Å². The van der Waals surface area contributed by atoms with Crippen molar-refractivity contribution in [3.63, 3.8) is 0 Å². The van der Waals surface area contributed by atoms with Crippen LogP contribution in [0, 0.1) is 5.41 Å². The number of aliphatic carboxylic acids is 1. The van der Waals surface area contributed by atoms with Gasteiger partial charge in [-0.15, -0.1) is 0 Å². The molecule has 1 unspecified atom stereocenters. The Balaban J connectivity index is 2.61. The van der Waals surface area contributed by atoms with Gasteiger partial charge in [-0.3, -0.25) is 4.79 Å². The Morgan fingerprint density at radius 2 is 2.00 bits per heavy atom. The van der Waals surface area contributed by atoms with Crippen LogP contribution < -0.4 is 0 Å². The van der Waals surface area contributed by atoms with Gasteiger partial charge in [0.05, 0.1) is 6.61 Å². The fourth-order valence-electron chi connectivity index (χ4n) is 2.30. The first-order valence-electron chi connectivity index (χ1n) is 6.18. The predicted octanol–water partition coefficient (Wildman–Crippen LogP) is 1.60. The van der Waals surface area contributed by atoms with E-state index in [1.165, 1.54) is 0 Å². The fraction of sp³-hybridized carbons (Fsp3) is 0.917. The molecule has 0 aromatic heterocycles. The molecule has 0 saturated carbocycles. The van der Waals surface area contributed by atoms with Gasteiger partial charge in [-0.1, -0.05) is 13.8 Å². The molecule has 1 saturated heterocycles. The SMILES string of the molecule is CCCN(CCC)CC1(C(=O)O)CCOC1. The van der Waals surface area contributed by atoms with Crippen molar-refractivity contribution in [2.75, 3.05) is 32.8 Å². The van der Waals surface area contributed by atoms with Gasteiger partial charge in [-0.2, -0.15) is 0 Å². The number of nitrogens with zero attached hydrogens (tertiary/aromatic N) is 1. The molecule has 1 rings (SSSR count). The number of hydrogen-bond acceptors (Lipinski definition) is 3. The van der Waals surface area contributed by atoms with Gasteiger partial charge in [-0.25, -0.2) is 0 Å². The molecule has 16 heavy (non-hydrogen) atoms. The summed E-state index contributed by atoms with van der Waals surface area (Å²) in [5, 5.41) is 9.34. The van der Waals surface area contributed by atoms with E-state index in [-0.39, 0.29) is 0 Å². The summed E-state index contributed by atoms with van der Waals surface area (Å²) < 4.78 is 5.27. The van der Waals surface area contributed by atoms with Crippen molar-refractivity contribution in [2.24, 2.45) is 5.41 Å². The van der Waals surface area contributed by atoms with Crippen molar-refractivity contribution >= 4 is 5.97 Å². The summed E-state index contributed by atoms with van der Waals surface area (Å²) >= 11 is 0. The van der Waals surface area contributed by atoms with Crippen molar-refractivity contribution in [1.82, 2.24) is 4.90 Å². The molecule has 0 spiro atoms. The number of rotatable bonds is 7. The van der Waals surface area contributed by atoms with Crippen LogP contribution in [0.15, 0.2) is 0 Å². The maximum atomic E-state index is 11.4. The van der Waals surface area contributed by atoms with Crippen LogP contribution in [-0.4, -0.2) is 48.8 Å². The van der Waals surface area contributed by atoms with Gasteiger partial charge in [0.2, 0.25) is 0 Å². The second kappa shape index (κ2) is 6.21. The maximum Gasteiger partial charge on any atom is 0.313 e. The third-order valence-corrected chi connectivity index (χ3v) is 3.16. The van der Waals surface area contributed by atoms with Gasteiger partial charge in [-0.05, 0) is 32.4 Å². The lowest BCUT2D eigenvalue weighted by atomic mass is 9.86. The molecule has 4 nitrogen and oxygen atoms in total. The minimum atomic E-state index is -0.706. The minimum Gasteiger partial charge on any atom is -0.481 e. The van der Waals surface area contributed by atoms with Crippen molar-refractivity contribution in [3.05, 3.63) is 0 Å². The Labute approximate surface area is 97.6 Å². The van der Waals surface area contributed by atoms with Crippen LogP contribution in [-0.2, 0) is 9.53 Å². The Morgan fingerprint density at radius 3 is 2.38 bits per heavy atom. The minimum absolute atomic E-state index is 0.367. The molecule has 4 heteroatoms. The van der Waals surface area contributed by atoms with Crippen LogP contribution >= 0.6 is 0 Å². The zero-order valence-electron chi connectivity index (χ0n) is 10.4. The van der Waals surface area contributed by atoms with Crippen molar-refractivity contribution in [1.29, 1.82) is 0 Å². The van der Waals surface area contributed by atoms with Crippen LogP contribution in [0.25, 0.3) is 0 Å². The van der Waals surface area contributed by atoms with E-state index < -0.39 is 11.4 Å². The summed E-state index contributed by atoms with van der Waals surface area (Å²) in [6.45, 7) is 7.78. The largest absolute Gasteiger partial charge is 0.481 e. The van der Waals surface area contributed by atoms with Gasteiger partial charge in [0.25, 0.3) is 0 Å². The lowest BCUT2D eigenvalue weighted by Crippen LogP contribution is -2.44. The lowest BCUT2D eigenvalue weighted by Gasteiger charge is -2.30. The number of carbonyl (C=O) groups is 1. The quantitative estimate of drug-likeness (QED) is 0.720. The molecule has 1 atom stereocenters. The molecule has 0 aromatic rings. The summed E-state index contributed by atoms with van der Waals surface area (Å²) in [4.78, 5) is 13.6. The van der Waals surface area contributed by atoms with Crippen LogP contribution in [0.5, 0.6) is 0 Å². The zero-order chi connectivity index (χ0) is 12.0. The van der Waals surface area contributed by atoms with E-state index in [1.807, 2.05) is 0 Å². The second-order valence-electron chi connectivity index (χ2n) is 4.66. The summed E-state index contributed by atoms with van der Waals surface area (Å²) in [7, 11) is 0. The Bertz CT molecular complexity index is 218. The number of hydrogen-bond donors (Lipinski definition) is 1. The highest BCUT2D eigenvalue weighted by Crippen LogP contribution is 2.30. The molecular formula is C12H23NO3. The molecule has 94 valence electrons. The highest BCUT2D eigenvalue weighted by molar-refractivity contribution is 5.75. The highest BCUT2D eigenvalue weighted by atomic mass is 16.5. The Hall–Kier alpha value is -0.610. The molecular weight excluding hydrogens is 206 g/mol. The van der Waals surface area contributed by atoms with E-state index in [0.29, 0.717) is 26.2 Å². The molecule has 0 aromatic carbocycles. The molecule has 0 bridgehead atoms. The van der Waals surface area contributed by atoms with Gasteiger partial charge < -0.3 is 14.7 Å². The Morgan fingerprint density at radius 1 is 1.38 bits per heavy atom. The summed E-state index contributed by atoms with van der Waals surface area (Å²) in [5.41, 5.74) is -0.662. The number of carboxylic acids is 1. The molecule has 1 aliphatic rings. The van der Waals surface area contributed by atoms with Crippen molar-refractivity contribution in [2.45, 2.75) is 33.1 Å². The molecule has 0 aliphatic carbocycles. The first-order chi connectivity index (χ1) is 7.64. The van der Waals surface area contributed by atoms with Crippen LogP contribution in [0.2, 0.25) is 0 Å². The smallest absolute Gasteiger partial charge is 0.313 e. The fourth-order valence-corrected chi connectivity index (χ4v) is 2.30. The van der Waals surface area contributed by atoms with E-state index in [1.54, 1.807) is 0 Å². The van der Waals surface area contributed by atoms with E-state index >= 15 is 0 Å². The average Bonchev–Trinajstić information content (AvgIpc) is 2.68. The topological polar surface area (TPSA) is 49.8 Å². The molecule has 0 radical (unpaired) electrons. The van der Waals surface area contributed by atoms with Crippen molar-refractivity contribution in [3.8, 4) is 0 Å². The number of carboxylic acid groups (broad SMARTS) is 1. The molecule has 1 fully saturated rings. The van der Waals surface area contributed by atoms with Gasteiger partial charge in [0.1, 0.15) is 5.41 Å². The van der Waals surface area contributed by atoms with Gasteiger partial charge in [0, 0.05) is 13.2 Å². The molecule has 1 aliphatic heterocycles. The maximum absolute atomic E-state index is 11.4. The zero-order valence-corrected chi connectivity index (χ0v) is 10.4. The molecule has 0 amide bonds. The highest BCUT2D eigenvalue weighted by Gasteiger charge is 2.43. The number of ether oxygens (including phenoxy) is 1. The molecule has 1 N–H and O–H groups in total. The first-order valence-corrected chi connectivity index (χ1v) is 6.18. The van der Waals surface area contributed by atoms with E-state index in [0.717, 1.165) is 25.9 Å². The summed E-state index contributed by atoms with van der Waals surface area (Å²) in [6.07, 6.45) is 2.78. The normalized spacial score (nSPS) is 25.2. The summed E-state index contributed by atoms with van der Waals surface area (Å²) in [5.74, 6) is -0.706. The molecule has 1 heterocycles. The second-order valence-corrected chi connectivity index (χ2v) is 4.66. The van der Waals surface area contributed by atoms with Gasteiger partial charge >= 0.3 is 5.97 Å². The van der Waals surface area contributed by atoms with Crippen LogP contribution in [0.1, 0.15) is 33.1 Å². The average molecular weight is 229 g/mol. The summed E-state index contributed by atoms with van der Waals surface area (Å²) in [6, 6.07) is 0. The Kier molecular flexibility index (Phi) is 5.22. The van der Waals surface area contributed by atoms with E-state index in [4.69, 9.17) is 4.74 Å². The van der Waals surface area contributed by atoms with Crippen LogP contribution in [0.3, 0.4) is 0 Å². The monoisotopic (exact) mass is 229 g/mol. The lowest BCUT2D eigenvalue weighted by molar-refractivity contribution is -0.150. The van der Waals surface area contributed by atoms with Crippen molar-refractivity contribution < 1.29 is 14.6 Å². The first kappa shape index (κ1) is 13.5. The third-order valence-electron chi connectivity index (χ3n) is 3.16. The predicted molar refractivity (Wildman–Crippen MR) is 62.5 cm³/mol. The van der Waals surface area contributed by atoms with Crippen LogP contribution in [0.4, 0.5) is 0 Å². The standard InChI is InChI=1S/C12H23NO3/c1-3-6-13(7-4-2)9-12(11(14)15)5-8-16-10-12/h3-10H2,1-2H3,(H,14,15). The van der Waals surface area contributed by atoms with E-state index in [9.17, 15) is 9.90 Å². The van der Waals surface area contributed by atoms with E-state index in [2.05, 4.69) is 18.7 Å². The third kappa shape index (κ3) is 3.19.